The molecule has 1 heterocycles. The van der Waals surface area contributed by atoms with Gasteiger partial charge in [0, 0.05) is 18.2 Å². The number of nitriles is 1. The Labute approximate surface area is 101 Å². The van der Waals surface area contributed by atoms with E-state index in [2.05, 4.69) is 16.4 Å². The number of carbonyl (C=O) groups is 1. The van der Waals surface area contributed by atoms with E-state index < -0.39 is 0 Å². The van der Waals surface area contributed by atoms with Crippen molar-refractivity contribution in [2.75, 3.05) is 5.32 Å². The van der Waals surface area contributed by atoms with Crippen molar-refractivity contribution in [1.82, 2.24) is 4.98 Å². The number of carbonyl (C=O) groups excluding carboxylic acids is 1. The van der Waals surface area contributed by atoms with Crippen LogP contribution in [-0.2, 0) is 4.79 Å². The number of aryl methyl sites for hydroxylation is 2. The minimum atomic E-state index is -0.369. The van der Waals surface area contributed by atoms with Gasteiger partial charge in [0.1, 0.15) is 6.07 Å². The molecule has 0 saturated heterocycles. The van der Waals surface area contributed by atoms with Gasteiger partial charge in [0.15, 0.2) is 0 Å². The van der Waals surface area contributed by atoms with Crippen molar-refractivity contribution in [3.05, 3.63) is 23.0 Å². The highest BCUT2D eigenvalue weighted by molar-refractivity contribution is 5.75. The fraction of sp³-hybridized carbons (Fsp3) is 0.417. The molecule has 0 aliphatic carbocycles. The summed E-state index contributed by atoms with van der Waals surface area (Å²) in [6.45, 7) is 5.49. The van der Waals surface area contributed by atoms with Crippen molar-refractivity contribution in [3.8, 4) is 6.07 Å². The molecule has 0 aromatic carbocycles. The number of hydrogen-bond acceptors (Lipinski definition) is 4. The summed E-state index contributed by atoms with van der Waals surface area (Å²) in [5, 5.41) is 12.2. The first kappa shape index (κ1) is 13.0. The molecular weight excluding hydrogens is 216 g/mol. The zero-order chi connectivity index (χ0) is 13.0. The fourth-order valence-electron chi connectivity index (χ4n) is 1.70. The van der Waals surface area contributed by atoms with Crippen LogP contribution in [0.2, 0.25) is 0 Å². The normalized spacial score (nSPS) is 11.6. The smallest absolute Gasteiger partial charge is 0.219 e. The van der Waals surface area contributed by atoms with Crippen LogP contribution in [0.3, 0.4) is 0 Å². The topological polar surface area (TPSA) is 91.8 Å². The quantitative estimate of drug-likeness (QED) is 0.817. The van der Waals surface area contributed by atoms with E-state index in [1.54, 1.807) is 13.0 Å². The lowest BCUT2D eigenvalue weighted by Crippen LogP contribution is -2.24. The first-order chi connectivity index (χ1) is 7.93. The minimum absolute atomic E-state index is 0.110. The summed E-state index contributed by atoms with van der Waals surface area (Å²) in [5.74, 6) is -0.369. The number of aromatic nitrogens is 1. The Hall–Kier alpha value is -2.09. The number of anilines is 1. The van der Waals surface area contributed by atoms with Crippen LogP contribution >= 0.6 is 0 Å². The number of nitrogens with one attached hydrogen (secondary N) is 1. The van der Waals surface area contributed by atoms with Crippen molar-refractivity contribution in [3.63, 3.8) is 0 Å². The lowest BCUT2D eigenvalue weighted by Gasteiger charge is -2.16. The number of pyridine rings is 1. The molecule has 0 radical (unpaired) electrons. The van der Waals surface area contributed by atoms with E-state index in [4.69, 9.17) is 11.0 Å². The van der Waals surface area contributed by atoms with Crippen LogP contribution in [0.25, 0.3) is 0 Å². The summed E-state index contributed by atoms with van der Waals surface area (Å²) >= 11 is 0. The molecule has 1 aromatic rings. The number of amides is 1. The van der Waals surface area contributed by atoms with E-state index in [0.717, 1.165) is 5.69 Å². The average molecular weight is 232 g/mol. The highest BCUT2D eigenvalue weighted by Gasteiger charge is 2.11. The van der Waals surface area contributed by atoms with Crippen LogP contribution < -0.4 is 11.1 Å². The fourth-order valence-corrected chi connectivity index (χ4v) is 1.70. The first-order valence-electron chi connectivity index (χ1n) is 5.37. The lowest BCUT2D eigenvalue weighted by atomic mass is 10.1. The molecule has 5 heteroatoms. The molecule has 1 atom stereocenters. The Balaban J connectivity index is 2.98. The molecule has 1 aromatic heterocycles. The monoisotopic (exact) mass is 232 g/mol. The van der Waals surface area contributed by atoms with Gasteiger partial charge in [-0.05, 0) is 26.8 Å². The Morgan fingerprint density at radius 2 is 2.29 bits per heavy atom. The average Bonchev–Trinajstić information content (AvgIpc) is 2.15. The second-order valence-corrected chi connectivity index (χ2v) is 4.10. The number of nitrogens with two attached hydrogens (primary N) is 1. The second-order valence-electron chi connectivity index (χ2n) is 4.10. The van der Waals surface area contributed by atoms with Gasteiger partial charge < -0.3 is 11.1 Å². The Kier molecular flexibility index (Phi) is 4.05. The molecule has 0 fully saturated rings. The summed E-state index contributed by atoms with van der Waals surface area (Å²) in [6.07, 6.45) is 0.227. The number of hydrogen-bond donors (Lipinski definition) is 2. The van der Waals surface area contributed by atoms with Crippen LogP contribution in [0, 0.1) is 25.2 Å². The molecule has 17 heavy (non-hydrogen) atoms. The largest absolute Gasteiger partial charge is 0.381 e. The van der Waals surface area contributed by atoms with Crippen LogP contribution in [0.15, 0.2) is 6.07 Å². The molecule has 1 unspecified atom stereocenters. The summed E-state index contributed by atoms with van der Waals surface area (Å²) in [4.78, 5) is 15.0. The van der Waals surface area contributed by atoms with Crippen molar-refractivity contribution in [1.29, 1.82) is 5.26 Å². The Bertz CT molecular complexity index is 476. The van der Waals surface area contributed by atoms with Crippen molar-refractivity contribution in [2.45, 2.75) is 33.2 Å². The molecule has 0 bridgehead atoms. The molecule has 1 rings (SSSR count). The van der Waals surface area contributed by atoms with Gasteiger partial charge in [-0.3, -0.25) is 9.78 Å². The highest BCUT2D eigenvalue weighted by atomic mass is 16.1. The minimum Gasteiger partial charge on any atom is -0.381 e. The van der Waals surface area contributed by atoms with Gasteiger partial charge in [-0.1, -0.05) is 0 Å². The maximum absolute atomic E-state index is 10.8. The molecule has 0 aliphatic rings. The molecule has 0 aliphatic heterocycles. The van der Waals surface area contributed by atoms with Gasteiger partial charge in [-0.2, -0.15) is 5.26 Å². The molecular formula is C12H16N4O. The van der Waals surface area contributed by atoms with E-state index in [9.17, 15) is 4.79 Å². The lowest BCUT2D eigenvalue weighted by molar-refractivity contribution is -0.118. The number of primary amides is 1. The SMILES string of the molecule is Cc1cc(NC(C)CC(N)=O)c(C#N)c(C)n1. The van der Waals surface area contributed by atoms with Gasteiger partial charge in [0.2, 0.25) is 5.91 Å². The van der Waals surface area contributed by atoms with Crippen molar-refractivity contribution in [2.24, 2.45) is 5.73 Å². The van der Waals surface area contributed by atoms with Crippen LogP contribution in [0.1, 0.15) is 30.3 Å². The predicted octanol–water partition coefficient (Wildman–Crippen LogP) is 1.25. The van der Waals surface area contributed by atoms with Crippen LogP contribution in [0.4, 0.5) is 5.69 Å². The molecule has 0 spiro atoms. The van der Waals surface area contributed by atoms with E-state index >= 15 is 0 Å². The Morgan fingerprint density at radius 3 is 2.82 bits per heavy atom. The zero-order valence-electron chi connectivity index (χ0n) is 10.2. The molecule has 1 amide bonds. The Morgan fingerprint density at radius 1 is 1.65 bits per heavy atom. The number of rotatable bonds is 4. The van der Waals surface area contributed by atoms with Gasteiger partial charge in [-0.15, -0.1) is 0 Å². The third kappa shape index (κ3) is 3.45. The van der Waals surface area contributed by atoms with E-state index in [1.165, 1.54) is 0 Å². The van der Waals surface area contributed by atoms with Crippen molar-refractivity contribution >= 4 is 11.6 Å². The highest BCUT2D eigenvalue weighted by Crippen LogP contribution is 2.19. The predicted molar refractivity (Wildman–Crippen MR) is 65.3 cm³/mol. The summed E-state index contributed by atoms with van der Waals surface area (Å²) in [6, 6.07) is 3.79. The van der Waals surface area contributed by atoms with E-state index in [-0.39, 0.29) is 18.4 Å². The standard InChI is InChI=1S/C12H16N4O/c1-7-4-11(10(6-13)9(3)15-7)16-8(2)5-12(14)17/h4,8H,5H2,1-3H3,(H2,14,17)(H,15,16). The summed E-state index contributed by atoms with van der Waals surface area (Å²) in [7, 11) is 0. The first-order valence-corrected chi connectivity index (χ1v) is 5.37. The zero-order valence-corrected chi connectivity index (χ0v) is 10.2. The molecule has 90 valence electrons. The maximum atomic E-state index is 10.8. The maximum Gasteiger partial charge on any atom is 0.219 e. The molecule has 0 saturated carbocycles. The molecule has 3 N–H and O–H groups in total. The van der Waals surface area contributed by atoms with Gasteiger partial charge in [0.05, 0.1) is 16.9 Å². The van der Waals surface area contributed by atoms with Gasteiger partial charge in [0.25, 0.3) is 0 Å². The third-order valence-electron chi connectivity index (χ3n) is 2.35. The van der Waals surface area contributed by atoms with Gasteiger partial charge in [-0.25, -0.2) is 0 Å². The van der Waals surface area contributed by atoms with Gasteiger partial charge >= 0.3 is 0 Å². The van der Waals surface area contributed by atoms with Crippen molar-refractivity contribution < 1.29 is 4.79 Å². The number of nitrogens with zero attached hydrogens (tertiary/aromatic N) is 2. The summed E-state index contributed by atoms with van der Waals surface area (Å²) < 4.78 is 0. The van der Waals surface area contributed by atoms with Crippen LogP contribution in [0.5, 0.6) is 0 Å². The summed E-state index contributed by atoms with van der Waals surface area (Å²) in [5.41, 5.74) is 7.84. The van der Waals surface area contributed by atoms with Crippen LogP contribution in [-0.4, -0.2) is 16.9 Å². The molecule has 5 nitrogen and oxygen atoms in total. The van der Waals surface area contributed by atoms with E-state index in [0.29, 0.717) is 16.9 Å². The van der Waals surface area contributed by atoms with E-state index in [1.807, 2.05) is 13.8 Å². The second kappa shape index (κ2) is 5.30. The third-order valence-corrected chi connectivity index (χ3v) is 2.35.